The van der Waals surface area contributed by atoms with Gasteiger partial charge in [0.2, 0.25) is 0 Å². The first-order chi connectivity index (χ1) is 10.7. The first-order valence-corrected chi connectivity index (χ1v) is 8.10. The van der Waals surface area contributed by atoms with Gasteiger partial charge in [0.1, 0.15) is 17.2 Å². The van der Waals surface area contributed by atoms with Crippen LogP contribution in [0.4, 0.5) is 9.18 Å². The predicted octanol–water partition coefficient (Wildman–Crippen LogP) is 4.60. The van der Waals surface area contributed by atoms with Crippen molar-refractivity contribution in [2.75, 3.05) is 20.2 Å². The highest BCUT2D eigenvalue weighted by molar-refractivity contribution is 6.32. The topological polar surface area (TPSA) is 38.8 Å². The number of methoxy groups -OCH3 is 1. The van der Waals surface area contributed by atoms with E-state index in [4.69, 9.17) is 21.1 Å². The summed E-state index contributed by atoms with van der Waals surface area (Å²) in [6.45, 7) is 6.61. The van der Waals surface area contributed by atoms with Crippen LogP contribution in [0.25, 0.3) is 0 Å². The number of carbonyl (C=O) groups excluding carboxylic acids is 1. The minimum absolute atomic E-state index is 0.0390. The molecule has 0 atom stereocenters. The molecule has 1 heterocycles. The van der Waals surface area contributed by atoms with E-state index in [1.807, 2.05) is 20.8 Å². The van der Waals surface area contributed by atoms with Crippen molar-refractivity contribution in [2.45, 2.75) is 45.1 Å². The third kappa shape index (κ3) is 4.50. The Morgan fingerprint density at radius 2 is 1.91 bits per heavy atom. The van der Waals surface area contributed by atoms with Crippen LogP contribution in [-0.4, -0.2) is 36.8 Å². The summed E-state index contributed by atoms with van der Waals surface area (Å²) < 4.78 is 24.6. The fourth-order valence-electron chi connectivity index (χ4n) is 2.71. The molecular weight excluding hydrogens is 321 g/mol. The molecule has 1 fully saturated rings. The highest BCUT2D eigenvalue weighted by atomic mass is 35.5. The maximum Gasteiger partial charge on any atom is 0.410 e. The van der Waals surface area contributed by atoms with E-state index in [1.54, 1.807) is 11.0 Å². The van der Waals surface area contributed by atoms with Gasteiger partial charge in [0.15, 0.2) is 0 Å². The zero-order valence-electron chi connectivity index (χ0n) is 14.0. The molecule has 1 saturated heterocycles. The van der Waals surface area contributed by atoms with E-state index in [-0.39, 0.29) is 17.8 Å². The van der Waals surface area contributed by atoms with Gasteiger partial charge in [-0.05, 0) is 51.2 Å². The van der Waals surface area contributed by atoms with Crippen LogP contribution in [0.1, 0.15) is 45.1 Å². The second-order valence-corrected chi connectivity index (χ2v) is 7.16. The molecule has 1 aromatic rings. The maximum absolute atomic E-state index is 14.2. The van der Waals surface area contributed by atoms with Crippen molar-refractivity contribution in [1.29, 1.82) is 0 Å². The number of nitrogens with zero attached hydrogens (tertiary/aromatic N) is 1. The Morgan fingerprint density at radius 3 is 2.43 bits per heavy atom. The number of ether oxygens (including phenoxy) is 2. The Labute approximate surface area is 141 Å². The molecule has 0 N–H and O–H groups in total. The largest absolute Gasteiger partial charge is 0.495 e. The van der Waals surface area contributed by atoms with Gasteiger partial charge in [-0.15, -0.1) is 0 Å². The van der Waals surface area contributed by atoms with Gasteiger partial charge in [-0.1, -0.05) is 11.6 Å². The molecule has 1 aromatic carbocycles. The smallest absolute Gasteiger partial charge is 0.410 e. The second-order valence-electron chi connectivity index (χ2n) is 6.75. The predicted molar refractivity (Wildman–Crippen MR) is 87.7 cm³/mol. The fourth-order valence-corrected chi connectivity index (χ4v) is 2.96. The van der Waals surface area contributed by atoms with Crippen LogP contribution in [0.5, 0.6) is 5.75 Å². The lowest BCUT2D eigenvalue weighted by atomic mass is 9.89. The summed E-state index contributed by atoms with van der Waals surface area (Å²) >= 11 is 6.10. The van der Waals surface area contributed by atoms with Crippen molar-refractivity contribution >= 4 is 17.7 Å². The SMILES string of the molecule is COc1cc(F)c(C2CCN(C(=O)OC(C)(C)C)CC2)cc1Cl. The minimum atomic E-state index is -0.510. The molecule has 0 unspecified atom stereocenters. The number of amides is 1. The number of benzene rings is 1. The zero-order chi connectivity index (χ0) is 17.2. The van der Waals surface area contributed by atoms with Crippen molar-refractivity contribution in [2.24, 2.45) is 0 Å². The van der Waals surface area contributed by atoms with Gasteiger partial charge in [-0.25, -0.2) is 9.18 Å². The monoisotopic (exact) mass is 343 g/mol. The normalized spacial score (nSPS) is 16.3. The number of piperidine rings is 1. The molecule has 2 rings (SSSR count). The molecule has 0 aromatic heterocycles. The number of hydrogen-bond acceptors (Lipinski definition) is 3. The summed E-state index contributed by atoms with van der Waals surface area (Å²) in [6, 6.07) is 2.95. The Morgan fingerprint density at radius 1 is 1.30 bits per heavy atom. The van der Waals surface area contributed by atoms with Crippen molar-refractivity contribution in [3.05, 3.63) is 28.5 Å². The molecule has 0 bridgehead atoms. The maximum atomic E-state index is 14.2. The molecule has 0 radical (unpaired) electrons. The number of hydrogen-bond donors (Lipinski definition) is 0. The Bertz CT molecular complexity index is 578. The fraction of sp³-hybridized carbons (Fsp3) is 0.588. The van der Waals surface area contributed by atoms with Gasteiger partial charge in [0.05, 0.1) is 12.1 Å². The summed E-state index contributed by atoms with van der Waals surface area (Å²) in [4.78, 5) is 13.7. The van der Waals surface area contributed by atoms with E-state index in [1.165, 1.54) is 13.2 Å². The van der Waals surface area contributed by atoms with E-state index < -0.39 is 5.60 Å². The number of likely N-dealkylation sites (tertiary alicyclic amines) is 1. The van der Waals surface area contributed by atoms with Crippen LogP contribution < -0.4 is 4.74 Å². The lowest BCUT2D eigenvalue weighted by Crippen LogP contribution is -2.41. The van der Waals surface area contributed by atoms with Crippen LogP contribution in [0, 0.1) is 5.82 Å². The molecule has 1 amide bonds. The van der Waals surface area contributed by atoms with E-state index in [0.717, 1.165) is 0 Å². The van der Waals surface area contributed by atoms with E-state index >= 15 is 0 Å². The molecular formula is C17H23ClFNO3. The average molecular weight is 344 g/mol. The molecule has 1 aliphatic heterocycles. The Balaban J connectivity index is 2.02. The van der Waals surface area contributed by atoms with E-state index in [2.05, 4.69) is 0 Å². The number of halogens is 2. The lowest BCUT2D eigenvalue weighted by Gasteiger charge is -2.33. The summed E-state index contributed by atoms with van der Waals surface area (Å²) in [5.74, 6) is 0.0539. The Kier molecular flexibility index (Phi) is 5.40. The standard InChI is InChI=1S/C17H23ClFNO3/c1-17(2,3)23-16(21)20-7-5-11(6-8-20)12-9-13(18)15(22-4)10-14(12)19/h9-11H,5-8H2,1-4H3. The molecule has 6 heteroatoms. The third-order valence-electron chi connectivity index (χ3n) is 3.86. The number of rotatable bonds is 2. The van der Waals surface area contributed by atoms with Gasteiger partial charge in [-0.2, -0.15) is 0 Å². The summed E-state index contributed by atoms with van der Waals surface area (Å²) in [5, 5.41) is 0.401. The van der Waals surface area contributed by atoms with Crippen LogP contribution in [0.3, 0.4) is 0 Å². The molecule has 23 heavy (non-hydrogen) atoms. The molecule has 0 aliphatic carbocycles. The van der Waals surface area contributed by atoms with Crippen LogP contribution in [-0.2, 0) is 4.74 Å². The van der Waals surface area contributed by atoms with E-state index in [0.29, 0.717) is 42.3 Å². The molecule has 4 nitrogen and oxygen atoms in total. The molecule has 128 valence electrons. The Hall–Kier alpha value is -1.49. The van der Waals surface area contributed by atoms with Gasteiger partial charge >= 0.3 is 6.09 Å². The average Bonchev–Trinajstić information content (AvgIpc) is 2.47. The van der Waals surface area contributed by atoms with E-state index in [9.17, 15) is 9.18 Å². The summed E-state index contributed by atoms with van der Waals surface area (Å²) in [6.07, 6.45) is 1.04. The third-order valence-corrected chi connectivity index (χ3v) is 4.15. The van der Waals surface area contributed by atoms with Crippen molar-refractivity contribution in [3.8, 4) is 5.75 Å². The molecule has 1 aliphatic rings. The first-order valence-electron chi connectivity index (χ1n) is 7.72. The van der Waals surface area contributed by atoms with Gasteiger partial charge in [-0.3, -0.25) is 0 Å². The first kappa shape index (κ1) is 17.9. The molecule has 0 saturated carbocycles. The molecule has 0 spiro atoms. The highest BCUT2D eigenvalue weighted by Gasteiger charge is 2.29. The van der Waals surface area contributed by atoms with Gasteiger partial charge in [0, 0.05) is 19.2 Å². The summed E-state index contributed by atoms with van der Waals surface area (Å²) in [7, 11) is 1.46. The van der Waals surface area contributed by atoms with Crippen LogP contribution >= 0.6 is 11.6 Å². The summed E-state index contributed by atoms with van der Waals surface area (Å²) in [5.41, 5.74) is 0.0726. The van der Waals surface area contributed by atoms with Crippen molar-refractivity contribution in [3.63, 3.8) is 0 Å². The van der Waals surface area contributed by atoms with Crippen LogP contribution in [0.15, 0.2) is 12.1 Å². The van der Waals surface area contributed by atoms with Crippen molar-refractivity contribution < 1.29 is 18.7 Å². The highest BCUT2D eigenvalue weighted by Crippen LogP contribution is 2.35. The van der Waals surface area contributed by atoms with Gasteiger partial charge in [0.25, 0.3) is 0 Å². The van der Waals surface area contributed by atoms with Crippen LogP contribution in [0.2, 0.25) is 5.02 Å². The number of carbonyl (C=O) groups is 1. The van der Waals surface area contributed by atoms with Gasteiger partial charge < -0.3 is 14.4 Å². The zero-order valence-corrected chi connectivity index (χ0v) is 14.7. The second kappa shape index (κ2) is 6.95. The minimum Gasteiger partial charge on any atom is -0.495 e. The quantitative estimate of drug-likeness (QED) is 0.787. The lowest BCUT2D eigenvalue weighted by molar-refractivity contribution is 0.0204. The van der Waals surface area contributed by atoms with Crippen molar-refractivity contribution in [1.82, 2.24) is 4.90 Å².